The average molecular weight is 355 g/mol. The van der Waals surface area contributed by atoms with Crippen LogP contribution in [0.15, 0.2) is 20.5 Å². The van der Waals surface area contributed by atoms with Gasteiger partial charge in [-0.25, -0.2) is 0 Å². The third kappa shape index (κ3) is 2.85. The molecule has 6 heteroatoms. The van der Waals surface area contributed by atoms with E-state index in [0.29, 0.717) is 10.9 Å². The Labute approximate surface area is 146 Å². The van der Waals surface area contributed by atoms with E-state index >= 15 is 0 Å². The number of unbranched alkanes of at least 4 members (excludes halogenated alkanes) is 1. The van der Waals surface area contributed by atoms with Gasteiger partial charge in [0.15, 0.2) is 0 Å². The quantitative estimate of drug-likeness (QED) is 0.539. The van der Waals surface area contributed by atoms with E-state index in [1.54, 1.807) is 4.90 Å². The van der Waals surface area contributed by atoms with Crippen molar-refractivity contribution in [2.24, 2.45) is 0 Å². The van der Waals surface area contributed by atoms with Crippen molar-refractivity contribution in [1.82, 2.24) is 9.80 Å². The van der Waals surface area contributed by atoms with Crippen LogP contribution < -0.4 is 0 Å². The van der Waals surface area contributed by atoms with E-state index in [0.717, 1.165) is 29.3 Å². The molecule has 1 saturated heterocycles. The predicted octanol–water partition coefficient (Wildman–Crippen LogP) is 4.67. The summed E-state index contributed by atoms with van der Waals surface area (Å²) < 4.78 is 0.705. The van der Waals surface area contributed by atoms with Crippen molar-refractivity contribution < 1.29 is 4.79 Å². The standard InChI is InChI=1S/C16H22N2OS3/c1-3-5-10-18-11-8-6-7-9-12(11)21-15(18)13-14(19)17(4-2)16(20)22-13/h3-10H2,1-2H3. The summed E-state index contributed by atoms with van der Waals surface area (Å²) in [5, 5.41) is 1.15. The normalized spacial score (nSPS) is 25.5. The molecule has 0 radical (unpaired) electrons. The number of carbonyl (C=O) groups is 1. The van der Waals surface area contributed by atoms with Crippen LogP contribution in [0.4, 0.5) is 0 Å². The van der Waals surface area contributed by atoms with Gasteiger partial charge in [0.1, 0.15) is 9.23 Å². The summed E-state index contributed by atoms with van der Waals surface area (Å²) in [5.74, 6) is 0.0985. The highest BCUT2D eigenvalue weighted by Crippen LogP contribution is 2.51. The Morgan fingerprint density at radius 1 is 1.14 bits per heavy atom. The van der Waals surface area contributed by atoms with E-state index in [-0.39, 0.29) is 5.91 Å². The molecule has 0 aromatic rings. The minimum Gasteiger partial charge on any atom is -0.338 e. The van der Waals surface area contributed by atoms with Gasteiger partial charge in [0.05, 0.1) is 5.03 Å². The monoisotopic (exact) mass is 354 g/mol. The van der Waals surface area contributed by atoms with Crippen molar-refractivity contribution in [3.63, 3.8) is 0 Å². The van der Waals surface area contributed by atoms with Crippen molar-refractivity contribution in [1.29, 1.82) is 0 Å². The van der Waals surface area contributed by atoms with Gasteiger partial charge in [-0.1, -0.05) is 49.1 Å². The molecule has 2 aliphatic heterocycles. The first kappa shape index (κ1) is 16.4. The fourth-order valence-corrected chi connectivity index (χ4v) is 5.98. The van der Waals surface area contributed by atoms with Crippen molar-refractivity contribution in [3.8, 4) is 0 Å². The number of hydrogen-bond acceptors (Lipinski definition) is 5. The highest BCUT2D eigenvalue weighted by molar-refractivity contribution is 8.27. The van der Waals surface area contributed by atoms with Crippen molar-refractivity contribution in [2.75, 3.05) is 13.1 Å². The van der Waals surface area contributed by atoms with Crippen molar-refractivity contribution in [2.45, 2.75) is 52.4 Å². The molecular weight excluding hydrogens is 332 g/mol. The van der Waals surface area contributed by atoms with E-state index in [9.17, 15) is 4.79 Å². The number of amides is 1. The number of hydrogen-bond donors (Lipinski definition) is 0. The second kappa shape index (κ2) is 6.97. The van der Waals surface area contributed by atoms with Crippen LogP contribution >= 0.6 is 35.7 Å². The number of allylic oxidation sites excluding steroid dienone is 2. The van der Waals surface area contributed by atoms with Gasteiger partial charge >= 0.3 is 0 Å². The topological polar surface area (TPSA) is 23.6 Å². The molecule has 0 spiro atoms. The Morgan fingerprint density at radius 3 is 2.59 bits per heavy atom. The molecule has 22 heavy (non-hydrogen) atoms. The van der Waals surface area contributed by atoms with Gasteiger partial charge in [0.25, 0.3) is 5.91 Å². The summed E-state index contributed by atoms with van der Waals surface area (Å²) in [7, 11) is 0. The average Bonchev–Trinajstić information content (AvgIpc) is 3.02. The fourth-order valence-electron chi connectivity index (χ4n) is 3.07. The highest BCUT2D eigenvalue weighted by atomic mass is 32.2. The lowest BCUT2D eigenvalue weighted by Crippen LogP contribution is -2.28. The van der Waals surface area contributed by atoms with Crippen LogP contribution in [0.1, 0.15) is 52.4 Å². The highest BCUT2D eigenvalue weighted by Gasteiger charge is 2.39. The van der Waals surface area contributed by atoms with E-state index in [4.69, 9.17) is 12.2 Å². The Bertz CT molecular complexity index is 568. The predicted molar refractivity (Wildman–Crippen MR) is 99.3 cm³/mol. The fraction of sp³-hybridized carbons (Fsp3) is 0.625. The van der Waals surface area contributed by atoms with Crippen LogP contribution in [0, 0.1) is 0 Å². The van der Waals surface area contributed by atoms with Gasteiger partial charge in [-0.3, -0.25) is 9.69 Å². The Hall–Kier alpha value is -0.460. The second-order valence-electron chi connectivity index (χ2n) is 5.74. The lowest BCUT2D eigenvalue weighted by atomic mass is 10.0. The van der Waals surface area contributed by atoms with Crippen LogP contribution in [0.3, 0.4) is 0 Å². The minimum atomic E-state index is 0.0985. The largest absolute Gasteiger partial charge is 0.338 e. The molecule has 0 N–H and O–H groups in total. The lowest BCUT2D eigenvalue weighted by molar-refractivity contribution is -0.122. The molecule has 3 rings (SSSR count). The van der Waals surface area contributed by atoms with Gasteiger partial charge in [-0.2, -0.15) is 0 Å². The molecule has 2 heterocycles. The number of thioether (sulfide) groups is 2. The summed E-state index contributed by atoms with van der Waals surface area (Å²) in [6.07, 6.45) is 7.20. The number of carbonyl (C=O) groups excluding carboxylic acids is 1. The molecule has 0 atom stereocenters. The molecule has 1 fully saturated rings. The second-order valence-corrected chi connectivity index (χ2v) is 8.46. The van der Waals surface area contributed by atoms with Gasteiger partial charge in [-0.05, 0) is 39.0 Å². The van der Waals surface area contributed by atoms with Gasteiger partial charge in [0.2, 0.25) is 0 Å². The van der Waals surface area contributed by atoms with Gasteiger partial charge < -0.3 is 4.90 Å². The molecule has 0 aromatic heterocycles. The molecule has 3 aliphatic rings. The first-order valence-corrected chi connectivity index (χ1v) is 10.2. The van der Waals surface area contributed by atoms with Crippen LogP contribution in [0.5, 0.6) is 0 Å². The maximum Gasteiger partial charge on any atom is 0.268 e. The first-order valence-electron chi connectivity index (χ1n) is 8.12. The molecule has 1 aliphatic carbocycles. The molecule has 120 valence electrons. The van der Waals surface area contributed by atoms with Crippen molar-refractivity contribution in [3.05, 3.63) is 20.5 Å². The third-order valence-electron chi connectivity index (χ3n) is 4.28. The van der Waals surface area contributed by atoms with Crippen LogP contribution in [0.25, 0.3) is 0 Å². The summed E-state index contributed by atoms with van der Waals surface area (Å²) in [6.45, 7) is 5.88. The minimum absolute atomic E-state index is 0.0985. The van der Waals surface area contributed by atoms with Gasteiger partial charge in [-0.15, -0.1) is 0 Å². The summed E-state index contributed by atoms with van der Waals surface area (Å²) >= 11 is 8.69. The summed E-state index contributed by atoms with van der Waals surface area (Å²) in [6, 6.07) is 0. The van der Waals surface area contributed by atoms with Crippen LogP contribution in [-0.2, 0) is 4.79 Å². The SMILES string of the molecule is CCCCN1C2=C(CCCC2)SC1=C1SC(=S)N(CC)C1=O. The molecule has 0 saturated carbocycles. The third-order valence-corrected chi connectivity index (χ3v) is 7.15. The summed E-state index contributed by atoms with van der Waals surface area (Å²) in [5.41, 5.74) is 1.47. The Morgan fingerprint density at radius 2 is 1.91 bits per heavy atom. The first-order chi connectivity index (χ1) is 10.7. The zero-order valence-electron chi connectivity index (χ0n) is 13.2. The molecular formula is C16H22N2OS3. The zero-order chi connectivity index (χ0) is 15.7. The van der Waals surface area contributed by atoms with E-state index in [1.807, 2.05) is 18.7 Å². The maximum absolute atomic E-state index is 12.7. The number of likely N-dealkylation sites (N-methyl/N-ethyl adjacent to an activating group) is 1. The van der Waals surface area contributed by atoms with E-state index < -0.39 is 0 Å². The van der Waals surface area contributed by atoms with E-state index in [2.05, 4.69) is 11.8 Å². The van der Waals surface area contributed by atoms with Gasteiger partial charge in [0, 0.05) is 23.7 Å². The van der Waals surface area contributed by atoms with Crippen LogP contribution in [-0.4, -0.2) is 33.1 Å². The van der Waals surface area contributed by atoms with E-state index in [1.165, 1.54) is 48.0 Å². The molecule has 1 amide bonds. The van der Waals surface area contributed by atoms with Crippen molar-refractivity contribution >= 4 is 46.0 Å². The maximum atomic E-state index is 12.7. The number of thiocarbonyl (C=S) groups is 1. The Balaban J connectivity index is 1.94. The lowest BCUT2D eigenvalue weighted by Gasteiger charge is -2.25. The zero-order valence-corrected chi connectivity index (χ0v) is 15.6. The Kier molecular flexibility index (Phi) is 5.20. The number of rotatable bonds is 4. The van der Waals surface area contributed by atoms with Crippen LogP contribution in [0.2, 0.25) is 0 Å². The molecule has 0 unspecified atom stereocenters. The molecule has 3 nitrogen and oxygen atoms in total. The summed E-state index contributed by atoms with van der Waals surface area (Å²) in [4.78, 5) is 19.1. The molecule has 0 bridgehead atoms. The number of nitrogens with zero attached hydrogens (tertiary/aromatic N) is 2. The molecule has 0 aromatic carbocycles. The smallest absolute Gasteiger partial charge is 0.268 e.